The number of rotatable bonds is 2. The van der Waals surface area contributed by atoms with Crippen LogP contribution in [-0.4, -0.2) is 9.79 Å². The second-order valence-electron chi connectivity index (χ2n) is 2.26. The fourth-order valence-corrected chi connectivity index (χ4v) is 1.10. The molecule has 0 amide bonds. The van der Waals surface area contributed by atoms with E-state index < -0.39 is 31.0 Å². The van der Waals surface area contributed by atoms with Gasteiger partial charge in [0.1, 0.15) is 0 Å². The van der Waals surface area contributed by atoms with Crippen molar-refractivity contribution in [3.05, 3.63) is 29.6 Å². The second kappa shape index (κ2) is 3.61. The molecule has 0 radical (unpaired) electrons. The Morgan fingerprint density at radius 3 is 2.21 bits per heavy atom. The molecular weight excluding hydrogens is 224 g/mol. The van der Waals surface area contributed by atoms with E-state index in [9.17, 15) is 17.7 Å². The minimum absolute atomic E-state index is 0.489. The van der Waals surface area contributed by atoms with Crippen molar-refractivity contribution in [2.24, 2.45) is 0 Å². The summed E-state index contributed by atoms with van der Waals surface area (Å²) in [4.78, 5) is 16.5. The zero-order chi connectivity index (χ0) is 10.9. The van der Waals surface area contributed by atoms with Crippen LogP contribution in [0.1, 0.15) is 0 Å². The Hall–Kier alpha value is -1.04. The van der Waals surface area contributed by atoms with Crippen molar-refractivity contribution < 1.29 is 32.0 Å². The van der Waals surface area contributed by atoms with Crippen molar-refractivity contribution >= 4 is 7.82 Å². The maximum absolute atomic E-state index is 12.7. The number of hydrogen-bond acceptors (Lipinski definition) is 2. The molecule has 0 saturated carbocycles. The van der Waals surface area contributed by atoms with Crippen LogP contribution >= 0.6 is 7.82 Å². The average molecular weight is 228 g/mol. The highest BCUT2D eigenvalue weighted by molar-refractivity contribution is 7.46. The Morgan fingerprint density at radius 1 is 1.14 bits per heavy atom. The second-order valence-corrected chi connectivity index (χ2v) is 3.42. The third-order valence-corrected chi connectivity index (χ3v) is 1.65. The molecule has 0 heterocycles. The van der Waals surface area contributed by atoms with Gasteiger partial charge < -0.3 is 4.52 Å². The normalized spacial score (nSPS) is 11.5. The number of hydrogen-bond donors (Lipinski definition) is 2. The van der Waals surface area contributed by atoms with Crippen molar-refractivity contribution in [3.8, 4) is 5.75 Å². The number of phosphoric acid groups is 1. The summed E-state index contributed by atoms with van der Waals surface area (Å²) in [6.45, 7) is 0. The van der Waals surface area contributed by atoms with Gasteiger partial charge in [-0.15, -0.1) is 0 Å². The Bertz CT molecular complexity index is 402. The van der Waals surface area contributed by atoms with Gasteiger partial charge in [-0.25, -0.2) is 13.3 Å². The van der Waals surface area contributed by atoms with E-state index in [1.54, 1.807) is 0 Å². The van der Waals surface area contributed by atoms with Gasteiger partial charge in [-0.1, -0.05) is 0 Å². The van der Waals surface area contributed by atoms with Crippen LogP contribution < -0.4 is 4.52 Å². The van der Waals surface area contributed by atoms with Crippen LogP contribution in [0.15, 0.2) is 12.1 Å². The SMILES string of the molecule is O=P(O)(O)Oc1ccc(F)c(F)c1F. The monoisotopic (exact) mass is 228 g/mol. The standard InChI is InChI=1S/C6H4F3O4P/c7-3-1-2-4(6(9)5(3)8)13-14(10,11)12/h1-2H,(H2,10,11,12). The van der Waals surface area contributed by atoms with Gasteiger partial charge in [0.2, 0.25) is 5.82 Å². The largest absolute Gasteiger partial charge is 0.524 e. The van der Waals surface area contributed by atoms with Gasteiger partial charge in [0.15, 0.2) is 17.4 Å². The zero-order valence-electron chi connectivity index (χ0n) is 6.45. The molecule has 1 aromatic carbocycles. The topological polar surface area (TPSA) is 66.8 Å². The lowest BCUT2D eigenvalue weighted by molar-refractivity contribution is 0.275. The summed E-state index contributed by atoms with van der Waals surface area (Å²) in [7, 11) is -4.98. The summed E-state index contributed by atoms with van der Waals surface area (Å²) < 4.78 is 51.5. The maximum atomic E-state index is 12.7. The fourth-order valence-electron chi connectivity index (χ4n) is 0.707. The maximum Gasteiger partial charge on any atom is 0.524 e. The first-order valence-electron chi connectivity index (χ1n) is 3.20. The van der Waals surface area contributed by atoms with Gasteiger partial charge in [0, 0.05) is 0 Å². The van der Waals surface area contributed by atoms with Gasteiger partial charge in [-0.2, -0.15) is 4.39 Å². The van der Waals surface area contributed by atoms with Crippen LogP contribution in [0, 0.1) is 17.5 Å². The summed E-state index contributed by atoms with van der Waals surface area (Å²) >= 11 is 0. The molecule has 0 unspecified atom stereocenters. The molecule has 78 valence electrons. The average Bonchev–Trinajstić information content (AvgIpc) is 2.04. The van der Waals surface area contributed by atoms with E-state index in [-0.39, 0.29) is 0 Å². The molecule has 0 aliphatic heterocycles. The summed E-state index contributed by atoms with van der Waals surface area (Å²) in [6.07, 6.45) is 0. The minimum Gasteiger partial charge on any atom is -0.401 e. The van der Waals surface area contributed by atoms with Crippen molar-refractivity contribution in [1.82, 2.24) is 0 Å². The van der Waals surface area contributed by atoms with Crippen LogP contribution in [0.25, 0.3) is 0 Å². The molecule has 2 N–H and O–H groups in total. The molecule has 0 aliphatic rings. The fraction of sp³-hybridized carbons (Fsp3) is 0. The molecular formula is C6H4F3O4P. The van der Waals surface area contributed by atoms with Crippen molar-refractivity contribution in [3.63, 3.8) is 0 Å². The summed E-state index contributed by atoms with van der Waals surface area (Å²) in [5.74, 6) is -6.15. The van der Waals surface area contributed by atoms with E-state index in [0.717, 1.165) is 0 Å². The van der Waals surface area contributed by atoms with Crippen molar-refractivity contribution in [1.29, 1.82) is 0 Å². The quantitative estimate of drug-likeness (QED) is 0.595. The van der Waals surface area contributed by atoms with Gasteiger partial charge in [-0.3, -0.25) is 9.79 Å². The van der Waals surface area contributed by atoms with Crippen LogP contribution in [0.2, 0.25) is 0 Å². The van der Waals surface area contributed by atoms with Crippen LogP contribution in [0.5, 0.6) is 5.75 Å². The smallest absolute Gasteiger partial charge is 0.401 e. The number of halogens is 3. The van der Waals surface area contributed by atoms with Gasteiger partial charge in [0.25, 0.3) is 0 Å². The highest BCUT2D eigenvalue weighted by Crippen LogP contribution is 2.39. The first kappa shape index (κ1) is 11.0. The highest BCUT2D eigenvalue weighted by atomic mass is 31.2. The van der Waals surface area contributed by atoms with Crippen LogP contribution in [0.4, 0.5) is 13.2 Å². The molecule has 0 saturated heterocycles. The first-order chi connectivity index (χ1) is 6.31. The molecule has 8 heteroatoms. The number of benzene rings is 1. The molecule has 0 spiro atoms. The molecule has 1 aromatic rings. The Labute approximate surface area is 76.2 Å². The van der Waals surface area contributed by atoms with E-state index in [1.165, 1.54) is 0 Å². The predicted molar refractivity (Wildman–Crippen MR) is 39.0 cm³/mol. The van der Waals surface area contributed by atoms with Crippen molar-refractivity contribution in [2.45, 2.75) is 0 Å². The summed E-state index contributed by atoms with van der Waals surface area (Å²) in [5.41, 5.74) is 0. The Morgan fingerprint density at radius 2 is 1.71 bits per heavy atom. The third-order valence-electron chi connectivity index (χ3n) is 1.22. The lowest BCUT2D eigenvalue weighted by Crippen LogP contribution is -1.97. The van der Waals surface area contributed by atoms with E-state index in [1.807, 2.05) is 0 Å². The van der Waals surface area contributed by atoms with E-state index in [4.69, 9.17) is 9.79 Å². The molecule has 4 nitrogen and oxygen atoms in total. The van der Waals surface area contributed by atoms with Gasteiger partial charge >= 0.3 is 7.82 Å². The zero-order valence-corrected chi connectivity index (χ0v) is 7.34. The summed E-state index contributed by atoms with van der Waals surface area (Å²) in [5, 5.41) is 0. The van der Waals surface area contributed by atoms with E-state index in [0.29, 0.717) is 12.1 Å². The highest BCUT2D eigenvalue weighted by Gasteiger charge is 2.22. The molecule has 1 rings (SSSR count). The molecule has 0 bridgehead atoms. The van der Waals surface area contributed by atoms with E-state index >= 15 is 0 Å². The van der Waals surface area contributed by atoms with Crippen LogP contribution in [0.3, 0.4) is 0 Å². The lowest BCUT2D eigenvalue weighted by Gasteiger charge is -2.07. The van der Waals surface area contributed by atoms with E-state index in [2.05, 4.69) is 4.52 Å². The Kier molecular flexibility index (Phi) is 2.84. The predicted octanol–water partition coefficient (Wildman–Crippen LogP) is 1.58. The van der Waals surface area contributed by atoms with Crippen LogP contribution in [-0.2, 0) is 4.57 Å². The molecule has 0 aromatic heterocycles. The van der Waals surface area contributed by atoms with Gasteiger partial charge in [0.05, 0.1) is 0 Å². The lowest BCUT2D eigenvalue weighted by atomic mass is 10.3. The third kappa shape index (κ3) is 2.47. The first-order valence-corrected chi connectivity index (χ1v) is 4.73. The van der Waals surface area contributed by atoms with Gasteiger partial charge in [-0.05, 0) is 12.1 Å². The number of phosphoric ester groups is 1. The Balaban J connectivity index is 3.12. The molecule has 0 fully saturated rings. The molecule has 14 heavy (non-hydrogen) atoms. The van der Waals surface area contributed by atoms with Crippen molar-refractivity contribution in [2.75, 3.05) is 0 Å². The molecule has 0 aliphatic carbocycles. The molecule has 0 atom stereocenters. The minimum atomic E-state index is -4.98. The summed E-state index contributed by atoms with van der Waals surface area (Å²) in [6, 6.07) is 1.07.